The molecular weight excluding hydrogens is 188 g/mol. The Bertz CT molecular complexity index is 401. The van der Waals surface area contributed by atoms with E-state index in [1.54, 1.807) is 4.90 Å². The number of hydrogen-bond acceptors (Lipinski definition) is 2. The predicted octanol–water partition coefficient (Wildman–Crippen LogP) is 2.03. The highest BCUT2D eigenvalue weighted by Gasteiger charge is 2.27. The number of para-hydroxylation sites is 1. The summed E-state index contributed by atoms with van der Waals surface area (Å²) in [5.74, 6) is 0.121. The van der Waals surface area contributed by atoms with E-state index in [1.165, 1.54) is 5.56 Å². The topological polar surface area (TPSA) is 32.3 Å². The molecule has 1 aliphatic heterocycles. The molecule has 0 radical (unpaired) electrons. The molecule has 1 aromatic carbocycles. The summed E-state index contributed by atoms with van der Waals surface area (Å²) in [6.07, 6.45) is 0.977. The summed E-state index contributed by atoms with van der Waals surface area (Å²) in [6.45, 7) is 4.02. The molecule has 1 heterocycles. The van der Waals surface area contributed by atoms with Gasteiger partial charge in [0, 0.05) is 7.05 Å². The molecule has 1 aromatic rings. The smallest absolute Gasteiger partial charge is 0.248 e. The van der Waals surface area contributed by atoms with E-state index >= 15 is 0 Å². The van der Waals surface area contributed by atoms with Crippen molar-refractivity contribution >= 4 is 17.3 Å². The molecular formula is C12H16N2O. The molecule has 0 aliphatic carbocycles. The van der Waals surface area contributed by atoms with Crippen molar-refractivity contribution in [2.45, 2.75) is 26.3 Å². The second-order valence-corrected chi connectivity index (χ2v) is 3.93. The summed E-state index contributed by atoms with van der Waals surface area (Å²) in [6, 6.07) is 5.95. The number of carbonyl (C=O) groups excluding carboxylic acids is 1. The Hall–Kier alpha value is -1.51. The standard InChI is InChI=1S/C12H16N2O/c1-4-9-6-5-7-10-11(9)13-8(2)12(15)14(10)3/h5-8,13H,4H2,1-3H3. The van der Waals surface area contributed by atoms with Gasteiger partial charge in [-0.05, 0) is 25.0 Å². The number of carbonyl (C=O) groups is 1. The maximum Gasteiger partial charge on any atom is 0.248 e. The number of hydrogen-bond donors (Lipinski definition) is 1. The highest BCUT2D eigenvalue weighted by molar-refractivity contribution is 6.04. The molecule has 1 unspecified atom stereocenters. The fraction of sp³-hybridized carbons (Fsp3) is 0.417. The van der Waals surface area contributed by atoms with E-state index in [4.69, 9.17) is 0 Å². The van der Waals surface area contributed by atoms with Crippen molar-refractivity contribution in [2.75, 3.05) is 17.3 Å². The lowest BCUT2D eigenvalue weighted by Crippen LogP contribution is -2.43. The maximum atomic E-state index is 11.8. The van der Waals surface area contributed by atoms with Gasteiger partial charge in [0.2, 0.25) is 5.91 Å². The van der Waals surface area contributed by atoms with Gasteiger partial charge in [0.1, 0.15) is 6.04 Å². The highest BCUT2D eigenvalue weighted by Crippen LogP contribution is 2.33. The first-order chi connectivity index (χ1) is 7.15. The number of likely N-dealkylation sites (N-methyl/N-ethyl adjacent to an activating group) is 1. The van der Waals surface area contributed by atoms with Gasteiger partial charge in [-0.15, -0.1) is 0 Å². The minimum atomic E-state index is -0.129. The number of nitrogens with zero attached hydrogens (tertiary/aromatic N) is 1. The fourth-order valence-electron chi connectivity index (χ4n) is 2.01. The highest BCUT2D eigenvalue weighted by atomic mass is 16.2. The van der Waals surface area contributed by atoms with Crippen molar-refractivity contribution in [3.63, 3.8) is 0 Å². The van der Waals surface area contributed by atoms with Gasteiger partial charge in [0.05, 0.1) is 11.4 Å². The second kappa shape index (κ2) is 3.57. The summed E-state index contributed by atoms with van der Waals surface area (Å²) < 4.78 is 0. The minimum Gasteiger partial charge on any atom is -0.372 e. The Labute approximate surface area is 90.1 Å². The number of nitrogens with one attached hydrogen (secondary N) is 1. The molecule has 0 bridgehead atoms. The molecule has 0 saturated carbocycles. The number of benzene rings is 1. The van der Waals surface area contributed by atoms with Gasteiger partial charge < -0.3 is 10.2 Å². The van der Waals surface area contributed by atoms with Crippen LogP contribution in [0.5, 0.6) is 0 Å². The molecule has 1 N–H and O–H groups in total. The number of aryl methyl sites for hydroxylation is 1. The number of fused-ring (bicyclic) bond motifs is 1. The lowest BCUT2D eigenvalue weighted by atomic mass is 10.0. The molecule has 1 aliphatic rings. The lowest BCUT2D eigenvalue weighted by Gasteiger charge is -2.32. The monoisotopic (exact) mass is 204 g/mol. The van der Waals surface area contributed by atoms with E-state index < -0.39 is 0 Å². The average Bonchev–Trinajstić information content (AvgIpc) is 2.25. The van der Waals surface area contributed by atoms with Gasteiger partial charge in [-0.3, -0.25) is 4.79 Å². The summed E-state index contributed by atoms with van der Waals surface area (Å²) in [5.41, 5.74) is 3.35. The Morgan fingerprint density at radius 3 is 2.87 bits per heavy atom. The van der Waals surface area contributed by atoms with Gasteiger partial charge in [-0.2, -0.15) is 0 Å². The Kier molecular flexibility index (Phi) is 2.39. The molecule has 80 valence electrons. The third kappa shape index (κ3) is 1.48. The molecule has 3 heteroatoms. The first kappa shape index (κ1) is 10.0. The van der Waals surface area contributed by atoms with Crippen molar-refractivity contribution in [1.29, 1.82) is 0 Å². The quantitative estimate of drug-likeness (QED) is 0.759. The van der Waals surface area contributed by atoms with E-state index in [0.717, 1.165) is 17.8 Å². The molecule has 0 aromatic heterocycles. The van der Waals surface area contributed by atoms with Gasteiger partial charge in [0.15, 0.2) is 0 Å². The fourth-order valence-corrected chi connectivity index (χ4v) is 2.01. The van der Waals surface area contributed by atoms with Crippen LogP contribution in [0.2, 0.25) is 0 Å². The molecule has 1 amide bonds. The second-order valence-electron chi connectivity index (χ2n) is 3.93. The Morgan fingerprint density at radius 2 is 2.20 bits per heavy atom. The Balaban J connectivity index is 2.54. The van der Waals surface area contributed by atoms with Crippen molar-refractivity contribution < 1.29 is 4.79 Å². The SMILES string of the molecule is CCc1cccc2c1NC(C)C(=O)N2C. The molecule has 0 spiro atoms. The molecule has 3 nitrogen and oxygen atoms in total. The normalized spacial score (nSPS) is 19.8. The lowest BCUT2D eigenvalue weighted by molar-refractivity contribution is -0.118. The Morgan fingerprint density at radius 1 is 1.47 bits per heavy atom. The van der Waals surface area contributed by atoms with Crippen LogP contribution in [0.25, 0.3) is 0 Å². The largest absolute Gasteiger partial charge is 0.372 e. The van der Waals surface area contributed by atoms with Crippen LogP contribution in [-0.4, -0.2) is 19.0 Å². The first-order valence-corrected chi connectivity index (χ1v) is 5.31. The summed E-state index contributed by atoms with van der Waals surface area (Å²) in [4.78, 5) is 13.5. The van der Waals surface area contributed by atoms with Gasteiger partial charge in [-0.1, -0.05) is 19.1 Å². The summed E-state index contributed by atoms with van der Waals surface area (Å²) >= 11 is 0. The van der Waals surface area contributed by atoms with Crippen LogP contribution in [-0.2, 0) is 11.2 Å². The van der Waals surface area contributed by atoms with E-state index in [2.05, 4.69) is 18.3 Å². The van der Waals surface area contributed by atoms with Gasteiger partial charge in [0.25, 0.3) is 0 Å². The third-order valence-corrected chi connectivity index (χ3v) is 2.93. The number of anilines is 2. The van der Waals surface area contributed by atoms with Crippen LogP contribution >= 0.6 is 0 Å². The van der Waals surface area contributed by atoms with Crippen LogP contribution in [0.1, 0.15) is 19.4 Å². The summed E-state index contributed by atoms with van der Waals surface area (Å²) in [7, 11) is 1.83. The van der Waals surface area contributed by atoms with Gasteiger partial charge >= 0.3 is 0 Å². The van der Waals surface area contributed by atoms with E-state index in [0.29, 0.717) is 0 Å². The molecule has 0 saturated heterocycles. The third-order valence-electron chi connectivity index (χ3n) is 2.93. The number of amides is 1. The van der Waals surface area contributed by atoms with Crippen LogP contribution in [0, 0.1) is 0 Å². The van der Waals surface area contributed by atoms with Gasteiger partial charge in [-0.25, -0.2) is 0 Å². The maximum absolute atomic E-state index is 11.8. The average molecular weight is 204 g/mol. The first-order valence-electron chi connectivity index (χ1n) is 5.31. The van der Waals surface area contributed by atoms with Crippen molar-refractivity contribution in [3.05, 3.63) is 23.8 Å². The van der Waals surface area contributed by atoms with Crippen molar-refractivity contribution in [1.82, 2.24) is 0 Å². The zero-order valence-electron chi connectivity index (χ0n) is 9.37. The van der Waals surface area contributed by atoms with Crippen molar-refractivity contribution in [3.8, 4) is 0 Å². The van der Waals surface area contributed by atoms with Crippen LogP contribution in [0.4, 0.5) is 11.4 Å². The van der Waals surface area contributed by atoms with E-state index in [1.807, 2.05) is 26.1 Å². The zero-order chi connectivity index (χ0) is 11.0. The van der Waals surface area contributed by atoms with Crippen LogP contribution in [0.15, 0.2) is 18.2 Å². The molecule has 1 atom stereocenters. The molecule has 15 heavy (non-hydrogen) atoms. The van der Waals surface area contributed by atoms with Crippen LogP contribution < -0.4 is 10.2 Å². The van der Waals surface area contributed by atoms with Crippen molar-refractivity contribution in [2.24, 2.45) is 0 Å². The molecule has 0 fully saturated rings. The summed E-state index contributed by atoms with van der Waals surface area (Å²) in [5, 5.41) is 3.27. The minimum absolute atomic E-state index is 0.121. The molecule has 2 rings (SSSR count). The van der Waals surface area contributed by atoms with Crippen LogP contribution in [0.3, 0.4) is 0 Å². The zero-order valence-corrected chi connectivity index (χ0v) is 9.37. The van der Waals surface area contributed by atoms with E-state index in [-0.39, 0.29) is 11.9 Å². The number of rotatable bonds is 1. The van der Waals surface area contributed by atoms with E-state index in [9.17, 15) is 4.79 Å². The predicted molar refractivity (Wildman–Crippen MR) is 62.3 cm³/mol.